The largest absolute Gasteiger partial charge is 0.462 e. The number of para-hydroxylation sites is 1. The van der Waals surface area contributed by atoms with E-state index in [0.717, 1.165) is 19.3 Å². The molecular formula is C21H23NO6. The molecule has 148 valence electrons. The summed E-state index contributed by atoms with van der Waals surface area (Å²) < 4.78 is 15.4. The van der Waals surface area contributed by atoms with Crippen molar-refractivity contribution in [3.63, 3.8) is 0 Å². The molecule has 28 heavy (non-hydrogen) atoms. The zero-order valence-corrected chi connectivity index (χ0v) is 15.8. The number of benzene rings is 1. The molecule has 2 rings (SSSR count). The summed E-state index contributed by atoms with van der Waals surface area (Å²) in [6.07, 6.45) is 6.17. The van der Waals surface area contributed by atoms with Crippen LogP contribution in [0.1, 0.15) is 53.3 Å². The van der Waals surface area contributed by atoms with Gasteiger partial charge in [-0.15, -0.1) is 0 Å². The molecule has 1 aromatic heterocycles. The number of ether oxygens (including phenoxy) is 3. The maximum atomic E-state index is 12.1. The lowest BCUT2D eigenvalue weighted by molar-refractivity contribution is -0.131. The minimum Gasteiger partial charge on any atom is -0.462 e. The van der Waals surface area contributed by atoms with Gasteiger partial charge in [-0.3, -0.25) is 9.78 Å². The second kappa shape index (κ2) is 11.5. The molecule has 1 aromatic carbocycles. The third-order valence-corrected chi connectivity index (χ3v) is 3.76. The quantitative estimate of drug-likeness (QED) is 0.351. The molecule has 2 aromatic rings. The highest BCUT2D eigenvalue weighted by Gasteiger charge is 2.14. The van der Waals surface area contributed by atoms with E-state index < -0.39 is 11.9 Å². The Hall–Kier alpha value is -3.22. The van der Waals surface area contributed by atoms with Crippen LogP contribution in [0, 0.1) is 0 Å². The molecule has 0 spiro atoms. The molecule has 0 aliphatic carbocycles. The van der Waals surface area contributed by atoms with E-state index in [4.69, 9.17) is 14.2 Å². The van der Waals surface area contributed by atoms with E-state index in [1.54, 1.807) is 42.6 Å². The van der Waals surface area contributed by atoms with Gasteiger partial charge in [0.15, 0.2) is 0 Å². The second-order valence-corrected chi connectivity index (χ2v) is 6.02. The number of pyridine rings is 1. The number of rotatable bonds is 10. The maximum absolute atomic E-state index is 12.1. The van der Waals surface area contributed by atoms with Gasteiger partial charge in [-0.2, -0.15) is 0 Å². The highest BCUT2D eigenvalue weighted by Crippen LogP contribution is 2.19. The van der Waals surface area contributed by atoms with Crippen molar-refractivity contribution < 1.29 is 28.6 Å². The van der Waals surface area contributed by atoms with Crippen molar-refractivity contribution in [1.29, 1.82) is 0 Å². The van der Waals surface area contributed by atoms with Crippen LogP contribution in [0.4, 0.5) is 0 Å². The van der Waals surface area contributed by atoms with Crippen molar-refractivity contribution in [2.45, 2.75) is 32.6 Å². The molecule has 0 N–H and O–H groups in total. The van der Waals surface area contributed by atoms with Gasteiger partial charge in [0.25, 0.3) is 0 Å². The molecule has 1 heterocycles. The number of carbonyl (C=O) groups excluding carboxylic acids is 3. The summed E-state index contributed by atoms with van der Waals surface area (Å²) in [7, 11) is 0. The Morgan fingerprint density at radius 3 is 2.18 bits per heavy atom. The van der Waals surface area contributed by atoms with Gasteiger partial charge < -0.3 is 14.2 Å². The molecule has 0 aliphatic rings. The Morgan fingerprint density at radius 1 is 0.857 bits per heavy atom. The fraction of sp³-hybridized carbons (Fsp3) is 0.333. The van der Waals surface area contributed by atoms with Gasteiger partial charge in [-0.05, 0) is 49.9 Å². The number of unbranched alkanes of at least 4 members (excludes halogenated alkanes) is 3. The average Bonchev–Trinajstić information content (AvgIpc) is 2.70. The number of carbonyl (C=O) groups is 3. The normalized spacial score (nSPS) is 10.2. The summed E-state index contributed by atoms with van der Waals surface area (Å²) >= 11 is 0. The van der Waals surface area contributed by atoms with Crippen LogP contribution in [0.3, 0.4) is 0 Å². The Bertz CT molecular complexity index is 790. The number of hydrogen-bond donors (Lipinski definition) is 0. The van der Waals surface area contributed by atoms with Crippen LogP contribution in [0.25, 0.3) is 0 Å². The summed E-state index contributed by atoms with van der Waals surface area (Å²) in [6, 6.07) is 9.79. The van der Waals surface area contributed by atoms with Crippen molar-refractivity contribution in [3.8, 4) is 5.75 Å². The van der Waals surface area contributed by atoms with Gasteiger partial charge in [0, 0.05) is 19.3 Å². The minimum absolute atomic E-state index is 0.190. The van der Waals surface area contributed by atoms with Gasteiger partial charge in [-0.1, -0.05) is 12.1 Å². The van der Waals surface area contributed by atoms with Crippen molar-refractivity contribution in [2.75, 3.05) is 13.2 Å². The number of nitrogens with zero attached hydrogens (tertiary/aromatic N) is 1. The Labute approximate surface area is 163 Å². The lowest BCUT2D eigenvalue weighted by atomic mass is 10.2. The zero-order valence-electron chi connectivity index (χ0n) is 15.8. The molecule has 0 radical (unpaired) electrons. The van der Waals surface area contributed by atoms with E-state index in [9.17, 15) is 14.4 Å². The molecular weight excluding hydrogens is 362 g/mol. The van der Waals surface area contributed by atoms with Crippen LogP contribution in [0.2, 0.25) is 0 Å². The van der Waals surface area contributed by atoms with Crippen LogP contribution in [0.15, 0.2) is 48.8 Å². The Balaban J connectivity index is 1.59. The Kier molecular flexibility index (Phi) is 8.65. The molecule has 0 atom stereocenters. The molecule has 7 nitrogen and oxygen atoms in total. The molecule has 0 bridgehead atoms. The fourth-order valence-electron chi connectivity index (χ4n) is 2.41. The number of aromatic nitrogens is 1. The molecule has 7 heteroatoms. The van der Waals surface area contributed by atoms with Crippen LogP contribution < -0.4 is 4.74 Å². The van der Waals surface area contributed by atoms with E-state index in [0.29, 0.717) is 18.6 Å². The topological polar surface area (TPSA) is 91.8 Å². The third kappa shape index (κ3) is 7.19. The van der Waals surface area contributed by atoms with E-state index in [-0.39, 0.29) is 23.9 Å². The van der Waals surface area contributed by atoms with Gasteiger partial charge >= 0.3 is 17.9 Å². The first-order valence-electron chi connectivity index (χ1n) is 9.09. The van der Waals surface area contributed by atoms with Crippen molar-refractivity contribution in [3.05, 3.63) is 59.9 Å². The summed E-state index contributed by atoms with van der Waals surface area (Å²) in [5.41, 5.74) is 0.656. The minimum atomic E-state index is -0.526. The number of esters is 3. The monoisotopic (exact) mass is 385 g/mol. The smallest absolute Gasteiger partial charge is 0.341 e. The highest BCUT2D eigenvalue weighted by atomic mass is 16.5. The second-order valence-electron chi connectivity index (χ2n) is 6.02. The average molecular weight is 385 g/mol. The Morgan fingerprint density at radius 2 is 1.54 bits per heavy atom. The van der Waals surface area contributed by atoms with E-state index >= 15 is 0 Å². The van der Waals surface area contributed by atoms with Crippen LogP contribution in [-0.4, -0.2) is 36.1 Å². The van der Waals surface area contributed by atoms with Crippen LogP contribution in [0.5, 0.6) is 5.75 Å². The summed E-state index contributed by atoms with van der Waals surface area (Å²) in [5.74, 6) is -1.21. The maximum Gasteiger partial charge on any atom is 0.341 e. The molecule has 0 fully saturated rings. The predicted molar refractivity (Wildman–Crippen MR) is 101 cm³/mol. The molecule has 0 saturated carbocycles. The summed E-state index contributed by atoms with van der Waals surface area (Å²) in [4.78, 5) is 38.8. The number of hydrogen-bond acceptors (Lipinski definition) is 7. The first kappa shape index (κ1) is 21.1. The van der Waals surface area contributed by atoms with E-state index in [2.05, 4.69) is 4.98 Å². The van der Waals surface area contributed by atoms with E-state index in [1.807, 2.05) is 0 Å². The molecule has 0 unspecified atom stereocenters. The predicted octanol–water partition coefficient (Wildman–Crippen LogP) is 3.58. The van der Waals surface area contributed by atoms with Gasteiger partial charge in [0.2, 0.25) is 0 Å². The summed E-state index contributed by atoms with van der Waals surface area (Å²) in [6.45, 7) is 1.88. The lowest BCUT2D eigenvalue weighted by Gasteiger charge is -2.09. The van der Waals surface area contributed by atoms with Crippen molar-refractivity contribution in [1.82, 2.24) is 4.98 Å². The van der Waals surface area contributed by atoms with Crippen molar-refractivity contribution >= 4 is 17.9 Å². The molecule has 0 saturated heterocycles. The van der Waals surface area contributed by atoms with Gasteiger partial charge in [0.05, 0.1) is 18.8 Å². The fourth-order valence-corrected chi connectivity index (χ4v) is 2.41. The van der Waals surface area contributed by atoms with Gasteiger partial charge in [-0.25, -0.2) is 9.59 Å². The lowest BCUT2D eigenvalue weighted by Crippen LogP contribution is -2.11. The van der Waals surface area contributed by atoms with Crippen LogP contribution in [-0.2, 0) is 14.3 Å². The standard InChI is InChI=1S/C21H23NO6/c1-16(23)28-19-11-5-4-10-18(19)21(25)27-14-7-3-2-6-13-26-20(24)17-9-8-12-22-15-17/h4-5,8-12,15H,2-3,6-7,13-14H2,1H3. The zero-order chi connectivity index (χ0) is 20.2. The first-order valence-corrected chi connectivity index (χ1v) is 9.09. The van der Waals surface area contributed by atoms with Gasteiger partial charge in [0.1, 0.15) is 11.3 Å². The first-order chi connectivity index (χ1) is 13.6. The third-order valence-electron chi connectivity index (χ3n) is 3.76. The molecule has 0 aliphatic heterocycles. The van der Waals surface area contributed by atoms with E-state index in [1.165, 1.54) is 13.1 Å². The highest BCUT2D eigenvalue weighted by molar-refractivity contribution is 5.93. The van der Waals surface area contributed by atoms with Crippen LogP contribution >= 0.6 is 0 Å². The SMILES string of the molecule is CC(=O)Oc1ccccc1C(=O)OCCCCCCOC(=O)c1cccnc1. The van der Waals surface area contributed by atoms with Crippen molar-refractivity contribution in [2.24, 2.45) is 0 Å². The summed E-state index contributed by atoms with van der Waals surface area (Å²) in [5, 5.41) is 0. The molecule has 0 amide bonds.